The average molecular weight is 455 g/mol. The van der Waals surface area contributed by atoms with Crippen LogP contribution < -0.4 is 15.4 Å². The van der Waals surface area contributed by atoms with E-state index in [9.17, 15) is 13.2 Å². The van der Waals surface area contributed by atoms with Crippen LogP contribution >= 0.6 is 0 Å². The highest BCUT2D eigenvalue weighted by atomic mass is 32.2. The number of carbonyl (C=O) groups excluding carboxylic acids is 1. The van der Waals surface area contributed by atoms with Crippen molar-refractivity contribution in [3.8, 4) is 0 Å². The summed E-state index contributed by atoms with van der Waals surface area (Å²) in [7, 11) is -4.21. The molecule has 0 bridgehead atoms. The Morgan fingerprint density at radius 3 is 2.44 bits per heavy atom. The van der Waals surface area contributed by atoms with Gasteiger partial charge < -0.3 is 15.8 Å². The van der Waals surface area contributed by atoms with Gasteiger partial charge in [-0.2, -0.15) is 4.31 Å². The van der Waals surface area contributed by atoms with Crippen LogP contribution in [-0.4, -0.2) is 26.1 Å². The first-order valence-electron chi connectivity index (χ1n) is 10.0. The molecule has 1 amide bonds. The first kappa shape index (κ1) is 23.1. The van der Waals surface area contributed by atoms with Crippen molar-refractivity contribution in [1.29, 1.82) is 0 Å². The number of sulfonamides is 1. The van der Waals surface area contributed by atoms with Crippen molar-refractivity contribution in [2.24, 2.45) is 0 Å². The van der Waals surface area contributed by atoms with Crippen molar-refractivity contribution in [3.63, 3.8) is 0 Å². The summed E-state index contributed by atoms with van der Waals surface area (Å²) in [4.78, 5) is 17.1. The Kier molecular flexibility index (Phi) is 6.69. The summed E-state index contributed by atoms with van der Waals surface area (Å²) in [5, 5.41) is 3.11. The number of nitrogen functional groups attached to an aromatic ring is 1. The number of ether oxygens (including phenoxy) is 1. The van der Waals surface area contributed by atoms with Crippen molar-refractivity contribution >= 4 is 39.0 Å². The number of nitrogens with zero attached hydrogens (tertiary/aromatic N) is 2. The van der Waals surface area contributed by atoms with Gasteiger partial charge in [-0.25, -0.2) is 18.2 Å². The number of amides is 1. The van der Waals surface area contributed by atoms with Gasteiger partial charge in [-0.15, -0.1) is 0 Å². The predicted octanol–water partition coefficient (Wildman–Crippen LogP) is 4.68. The van der Waals surface area contributed by atoms with Gasteiger partial charge in [-0.05, 0) is 69.7 Å². The van der Waals surface area contributed by atoms with Crippen LogP contribution in [0, 0.1) is 20.8 Å². The van der Waals surface area contributed by atoms with E-state index in [1.54, 1.807) is 31.2 Å². The molecule has 3 rings (SSSR count). The van der Waals surface area contributed by atoms with Crippen molar-refractivity contribution < 1.29 is 17.9 Å². The molecule has 0 saturated carbocycles. The van der Waals surface area contributed by atoms with E-state index in [0.29, 0.717) is 21.5 Å². The maximum Gasteiger partial charge on any atom is 0.428 e. The molecule has 0 radical (unpaired) electrons. The molecule has 0 saturated heterocycles. The van der Waals surface area contributed by atoms with Crippen LogP contribution in [0.4, 0.5) is 27.7 Å². The maximum atomic E-state index is 13.3. The average Bonchev–Trinajstić information content (AvgIpc) is 2.72. The molecule has 1 heterocycles. The van der Waals surface area contributed by atoms with Gasteiger partial charge in [0.2, 0.25) is 0 Å². The molecule has 0 aliphatic rings. The highest BCUT2D eigenvalue weighted by Gasteiger charge is 2.32. The van der Waals surface area contributed by atoms with Gasteiger partial charge in [-0.1, -0.05) is 23.8 Å². The van der Waals surface area contributed by atoms with Crippen LogP contribution in [0.15, 0.2) is 59.5 Å². The van der Waals surface area contributed by atoms with E-state index >= 15 is 0 Å². The van der Waals surface area contributed by atoms with Crippen LogP contribution in [0.2, 0.25) is 0 Å². The highest BCUT2D eigenvalue weighted by Crippen LogP contribution is 2.30. The van der Waals surface area contributed by atoms with Crippen LogP contribution in [0.25, 0.3) is 0 Å². The first-order chi connectivity index (χ1) is 15.1. The number of benzene rings is 2. The third-order valence-electron chi connectivity index (χ3n) is 4.73. The number of nitrogens with two attached hydrogens (primary N) is 1. The van der Waals surface area contributed by atoms with E-state index in [1.807, 2.05) is 26.8 Å². The van der Waals surface area contributed by atoms with Gasteiger partial charge in [0.05, 0.1) is 22.9 Å². The summed E-state index contributed by atoms with van der Waals surface area (Å²) >= 11 is 0. The number of carbonyl (C=O) groups is 1. The van der Waals surface area contributed by atoms with Crippen molar-refractivity contribution in [3.05, 3.63) is 71.4 Å². The highest BCUT2D eigenvalue weighted by molar-refractivity contribution is 7.93. The van der Waals surface area contributed by atoms with Gasteiger partial charge >= 0.3 is 6.09 Å². The number of pyridine rings is 1. The Morgan fingerprint density at radius 2 is 1.78 bits per heavy atom. The van der Waals surface area contributed by atoms with E-state index in [2.05, 4.69) is 10.3 Å². The molecule has 0 fully saturated rings. The molecule has 0 unspecified atom stereocenters. The molecule has 168 valence electrons. The molecule has 3 N–H and O–H groups in total. The molecular formula is C23H26N4O4S. The summed E-state index contributed by atoms with van der Waals surface area (Å²) < 4.78 is 32.4. The lowest BCUT2D eigenvalue weighted by Crippen LogP contribution is -2.37. The smallest absolute Gasteiger partial charge is 0.428 e. The Hall–Kier alpha value is -3.59. The minimum Gasteiger partial charge on any atom is -0.449 e. The van der Waals surface area contributed by atoms with Crippen LogP contribution in [0.1, 0.15) is 23.7 Å². The van der Waals surface area contributed by atoms with Crippen LogP contribution in [-0.2, 0) is 14.8 Å². The van der Waals surface area contributed by atoms with E-state index < -0.39 is 16.1 Å². The quantitative estimate of drug-likeness (QED) is 0.555. The van der Waals surface area contributed by atoms with E-state index in [-0.39, 0.29) is 17.2 Å². The molecule has 32 heavy (non-hydrogen) atoms. The number of hydrogen-bond acceptors (Lipinski definition) is 7. The van der Waals surface area contributed by atoms with Gasteiger partial charge in [0.15, 0.2) is 5.82 Å². The summed E-state index contributed by atoms with van der Waals surface area (Å²) in [6.45, 7) is 7.22. The fourth-order valence-electron chi connectivity index (χ4n) is 3.13. The lowest BCUT2D eigenvalue weighted by molar-refractivity contribution is 0.164. The Morgan fingerprint density at radius 1 is 1.09 bits per heavy atom. The van der Waals surface area contributed by atoms with Gasteiger partial charge in [0.1, 0.15) is 0 Å². The predicted molar refractivity (Wildman–Crippen MR) is 126 cm³/mol. The topological polar surface area (TPSA) is 115 Å². The largest absolute Gasteiger partial charge is 0.449 e. The SMILES string of the molecule is CCOC(=O)N(c1cccc(Nc2nc(C)cc(C)c2N)c1)S(=O)(=O)c1ccc(C)cc1. The monoisotopic (exact) mass is 454 g/mol. The molecule has 8 nitrogen and oxygen atoms in total. The number of nitrogens with one attached hydrogen (secondary N) is 1. The second-order valence-electron chi connectivity index (χ2n) is 7.30. The number of aromatic nitrogens is 1. The molecule has 0 aliphatic heterocycles. The van der Waals surface area contributed by atoms with Crippen molar-refractivity contribution in [2.45, 2.75) is 32.6 Å². The fourth-order valence-corrected chi connectivity index (χ4v) is 4.46. The number of rotatable bonds is 6. The maximum absolute atomic E-state index is 13.3. The van der Waals surface area contributed by atoms with Gasteiger partial charge in [0, 0.05) is 11.4 Å². The molecule has 0 atom stereocenters. The second kappa shape index (κ2) is 9.27. The number of anilines is 4. The number of aryl methyl sites for hydroxylation is 3. The van der Waals surface area contributed by atoms with E-state index in [1.165, 1.54) is 24.3 Å². The van der Waals surface area contributed by atoms with Crippen LogP contribution in [0.5, 0.6) is 0 Å². The zero-order chi connectivity index (χ0) is 23.5. The summed E-state index contributed by atoms with van der Waals surface area (Å²) in [6, 6.07) is 14.5. The normalized spacial score (nSPS) is 11.1. The third kappa shape index (κ3) is 4.83. The molecule has 0 spiro atoms. The molecule has 0 aliphatic carbocycles. The molecule has 9 heteroatoms. The molecule has 2 aromatic carbocycles. The standard InChI is InChI=1S/C23H26N4O4S/c1-5-31-23(28)27(32(29,30)20-11-9-15(2)10-12-20)19-8-6-7-18(14-19)26-22-21(24)16(3)13-17(4)25-22/h6-14H,5,24H2,1-4H3,(H,25,26). The minimum atomic E-state index is -4.21. The Balaban J connectivity index is 2.05. The lowest BCUT2D eigenvalue weighted by atomic mass is 10.2. The van der Waals surface area contributed by atoms with Crippen molar-refractivity contribution in [1.82, 2.24) is 4.98 Å². The summed E-state index contributed by atoms with van der Waals surface area (Å²) in [6.07, 6.45) is -0.991. The van der Waals surface area contributed by atoms with Crippen molar-refractivity contribution in [2.75, 3.05) is 22.0 Å². The summed E-state index contributed by atoms with van der Waals surface area (Å²) in [5.74, 6) is 0.448. The number of hydrogen-bond donors (Lipinski definition) is 2. The lowest BCUT2D eigenvalue weighted by Gasteiger charge is -2.22. The Bertz CT molecular complexity index is 1240. The molecule has 3 aromatic rings. The zero-order valence-electron chi connectivity index (χ0n) is 18.4. The third-order valence-corrected chi connectivity index (χ3v) is 6.44. The minimum absolute atomic E-state index is 0.0188. The first-order valence-corrected chi connectivity index (χ1v) is 11.5. The van der Waals surface area contributed by atoms with Crippen LogP contribution in [0.3, 0.4) is 0 Å². The zero-order valence-corrected chi connectivity index (χ0v) is 19.2. The van der Waals surface area contributed by atoms with Gasteiger partial charge in [0.25, 0.3) is 10.0 Å². The fraction of sp³-hybridized carbons (Fsp3) is 0.217. The van der Waals surface area contributed by atoms with E-state index in [4.69, 9.17) is 10.5 Å². The van der Waals surface area contributed by atoms with E-state index in [0.717, 1.165) is 16.8 Å². The second-order valence-corrected chi connectivity index (χ2v) is 9.09. The van der Waals surface area contributed by atoms with Gasteiger partial charge in [-0.3, -0.25) is 0 Å². The summed E-state index contributed by atoms with van der Waals surface area (Å²) in [5.41, 5.74) is 9.80. The molecular weight excluding hydrogens is 428 g/mol. The molecule has 1 aromatic heterocycles. The Labute approximate surface area is 188 Å².